The summed E-state index contributed by atoms with van der Waals surface area (Å²) in [7, 11) is 0. The number of carbonyl (C=O) groups is 2. The molecular weight excluding hydrogens is 536 g/mol. The second-order valence-electron chi connectivity index (χ2n) is 10.6. The molecule has 1 amide bonds. The van der Waals surface area contributed by atoms with E-state index in [9.17, 15) is 14.7 Å². The molecule has 1 saturated heterocycles. The quantitative estimate of drug-likeness (QED) is 0.128. The summed E-state index contributed by atoms with van der Waals surface area (Å²) in [6.07, 6.45) is 0.890. The number of hydrogen-bond acceptors (Lipinski definition) is 7. The van der Waals surface area contributed by atoms with E-state index in [0.717, 1.165) is 27.8 Å². The van der Waals surface area contributed by atoms with Gasteiger partial charge in [0.15, 0.2) is 16.6 Å². The largest absolute Gasteiger partial charge is 0.507 e. The molecule has 1 unspecified atom stereocenters. The van der Waals surface area contributed by atoms with E-state index in [4.69, 9.17) is 14.5 Å². The summed E-state index contributed by atoms with van der Waals surface area (Å²) in [4.78, 5) is 33.5. The number of aliphatic hydroxyl groups is 1. The predicted molar refractivity (Wildman–Crippen MR) is 163 cm³/mol. The summed E-state index contributed by atoms with van der Waals surface area (Å²) in [5.74, 6) is -0.157. The van der Waals surface area contributed by atoms with Gasteiger partial charge in [0.05, 0.1) is 35.0 Å². The Labute approximate surface area is 244 Å². The van der Waals surface area contributed by atoms with Crippen molar-refractivity contribution in [3.05, 3.63) is 88.5 Å². The summed E-state index contributed by atoms with van der Waals surface area (Å²) >= 11 is 1.35. The van der Waals surface area contributed by atoms with Crippen LogP contribution < -0.4 is 14.4 Å². The molecule has 1 N–H and O–H groups in total. The molecule has 8 heteroatoms. The first-order valence-electron chi connectivity index (χ1n) is 13.8. The maximum Gasteiger partial charge on any atom is 0.301 e. The van der Waals surface area contributed by atoms with E-state index in [1.165, 1.54) is 16.2 Å². The highest BCUT2D eigenvalue weighted by molar-refractivity contribution is 7.22. The van der Waals surface area contributed by atoms with E-state index in [1.807, 2.05) is 45.0 Å². The molecule has 7 nitrogen and oxygen atoms in total. The van der Waals surface area contributed by atoms with Crippen molar-refractivity contribution in [2.24, 2.45) is 5.92 Å². The van der Waals surface area contributed by atoms with E-state index >= 15 is 0 Å². The number of aliphatic hydroxyl groups excluding tert-OH is 1. The number of ether oxygens (including phenoxy) is 2. The molecule has 0 spiro atoms. The third-order valence-electron chi connectivity index (χ3n) is 7.05. The highest BCUT2D eigenvalue weighted by Crippen LogP contribution is 2.46. The van der Waals surface area contributed by atoms with Crippen molar-refractivity contribution >= 4 is 44.1 Å². The zero-order valence-electron chi connectivity index (χ0n) is 23.9. The summed E-state index contributed by atoms with van der Waals surface area (Å²) in [5, 5.41) is 11.8. The fourth-order valence-electron chi connectivity index (χ4n) is 5.05. The van der Waals surface area contributed by atoms with Crippen molar-refractivity contribution in [2.75, 3.05) is 18.1 Å². The number of hydrogen-bond donors (Lipinski definition) is 1. The molecule has 1 aliphatic heterocycles. The molecule has 1 atom stereocenters. The van der Waals surface area contributed by atoms with Crippen molar-refractivity contribution in [3.8, 4) is 11.5 Å². The van der Waals surface area contributed by atoms with Crippen LogP contribution in [0.2, 0.25) is 0 Å². The molecule has 0 bridgehead atoms. The average molecular weight is 571 g/mol. The number of ketones is 1. The zero-order chi connectivity index (χ0) is 29.3. The van der Waals surface area contributed by atoms with Crippen LogP contribution in [-0.2, 0) is 9.59 Å². The van der Waals surface area contributed by atoms with Crippen LogP contribution in [-0.4, -0.2) is 35.0 Å². The monoisotopic (exact) mass is 570 g/mol. The molecule has 0 aliphatic carbocycles. The van der Waals surface area contributed by atoms with Gasteiger partial charge in [-0.05, 0) is 68.0 Å². The number of amides is 1. The fourth-order valence-corrected chi connectivity index (χ4v) is 6.21. The Morgan fingerprint density at radius 2 is 1.78 bits per heavy atom. The van der Waals surface area contributed by atoms with Crippen LogP contribution in [0.1, 0.15) is 55.5 Å². The number of rotatable bonds is 9. The van der Waals surface area contributed by atoms with Crippen molar-refractivity contribution in [3.63, 3.8) is 0 Å². The Kier molecular flexibility index (Phi) is 8.13. The number of benzene rings is 3. The van der Waals surface area contributed by atoms with Gasteiger partial charge in [0.1, 0.15) is 5.76 Å². The zero-order valence-corrected chi connectivity index (χ0v) is 24.7. The minimum Gasteiger partial charge on any atom is -0.507 e. The summed E-state index contributed by atoms with van der Waals surface area (Å²) in [6.45, 7) is 11.1. The third kappa shape index (κ3) is 5.57. The maximum absolute atomic E-state index is 13.7. The molecule has 1 aromatic heterocycles. The smallest absolute Gasteiger partial charge is 0.301 e. The van der Waals surface area contributed by atoms with E-state index in [0.29, 0.717) is 46.9 Å². The molecule has 0 radical (unpaired) electrons. The molecule has 5 rings (SSSR count). The highest BCUT2D eigenvalue weighted by Gasteiger charge is 2.48. The number of fused-ring (bicyclic) bond motifs is 1. The number of carbonyl (C=O) groups excluding carboxylic acids is 2. The fraction of sp³-hybridized carbons (Fsp3) is 0.303. The van der Waals surface area contributed by atoms with Crippen LogP contribution in [0, 0.1) is 19.8 Å². The Morgan fingerprint density at radius 3 is 2.49 bits per heavy atom. The number of aromatic nitrogens is 1. The average Bonchev–Trinajstić information content (AvgIpc) is 3.48. The summed E-state index contributed by atoms with van der Waals surface area (Å²) in [5.41, 5.74) is 3.91. The van der Waals surface area contributed by atoms with Crippen molar-refractivity contribution in [1.29, 1.82) is 0 Å². The molecule has 0 saturated carbocycles. The van der Waals surface area contributed by atoms with Crippen LogP contribution in [0.25, 0.3) is 16.0 Å². The number of aryl methyl sites for hydroxylation is 2. The van der Waals surface area contributed by atoms with Gasteiger partial charge < -0.3 is 14.6 Å². The van der Waals surface area contributed by atoms with Gasteiger partial charge in [-0.3, -0.25) is 14.5 Å². The Bertz CT molecular complexity index is 1640. The van der Waals surface area contributed by atoms with Gasteiger partial charge in [-0.25, -0.2) is 4.98 Å². The Hall–Kier alpha value is -4.17. The van der Waals surface area contributed by atoms with Gasteiger partial charge in [-0.2, -0.15) is 0 Å². The summed E-state index contributed by atoms with van der Waals surface area (Å²) < 4.78 is 12.9. The molecular formula is C33H34N2O5S. The molecule has 2 heterocycles. The topological polar surface area (TPSA) is 89.0 Å². The van der Waals surface area contributed by atoms with Crippen LogP contribution in [0.15, 0.2) is 66.2 Å². The number of anilines is 1. The number of nitrogens with zero attached hydrogens (tertiary/aromatic N) is 2. The summed E-state index contributed by atoms with van der Waals surface area (Å²) in [6, 6.07) is 17.3. The van der Waals surface area contributed by atoms with Crippen LogP contribution in [0.3, 0.4) is 0 Å². The van der Waals surface area contributed by atoms with Crippen LogP contribution in [0.5, 0.6) is 11.5 Å². The van der Waals surface area contributed by atoms with Gasteiger partial charge in [-0.1, -0.05) is 67.6 Å². The molecule has 3 aromatic carbocycles. The first-order valence-corrected chi connectivity index (χ1v) is 14.6. The highest BCUT2D eigenvalue weighted by atomic mass is 32.1. The number of thiazole rings is 1. The molecule has 212 valence electrons. The van der Waals surface area contributed by atoms with E-state index in [1.54, 1.807) is 36.4 Å². The lowest BCUT2D eigenvalue weighted by molar-refractivity contribution is -0.132. The standard InChI is InChI=1S/C33H34N2O5S/c1-6-39-25-18-23(12-13-24(25)40-15-14-19(2)3)29-27(30(36)22-10-8-7-9-11-22)31(37)32(38)35(29)33-34-28-21(5)16-20(4)17-26(28)41-33/h7-13,16-19,29,36H,6,14-15H2,1-5H3/b30-27+. The van der Waals surface area contributed by atoms with Crippen molar-refractivity contribution < 1.29 is 24.2 Å². The lowest BCUT2D eigenvalue weighted by atomic mass is 9.95. The van der Waals surface area contributed by atoms with Crippen LogP contribution in [0.4, 0.5) is 5.13 Å². The van der Waals surface area contributed by atoms with Crippen molar-refractivity contribution in [2.45, 2.75) is 47.1 Å². The minimum absolute atomic E-state index is 0.00397. The van der Waals surface area contributed by atoms with E-state index in [-0.39, 0.29) is 11.3 Å². The maximum atomic E-state index is 13.7. The molecule has 4 aromatic rings. The lowest BCUT2D eigenvalue weighted by Gasteiger charge is -2.24. The van der Waals surface area contributed by atoms with Crippen molar-refractivity contribution in [1.82, 2.24) is 4.98 Å². The lowest BCUT2D eigenvalue weighted by Crippen LogP contribution is -2.29. The minimum atomic E-state index is -0.916. The number of Topliss-reactive ketones (excluding diaryl/α,β-unsaturated/α-hetero) is 1. The predicted octanol–water partition coefficient (Wildman–Crippen LogP) is 7.36. The van der Waals surface area contributed by atoms with Gasteiger partial charge in [0.2, 0.25) is 0 Å². The van der Waals surface area contributed by atoms with Crippen LogP contribution >= 0.6 is 11.3 Å². The molecule has 41 heavy (non-hydrogen) atoms. The van der Waals surface area contributed by atoms with E-state index in [2.05, 4.69) is 13.8 Å². The second-order valence-corrected chi connectivity index (χ2v) is 11.6. The first kappa shape index (κ1) is 28.4. The Balaban J connectivity index is 1.68. The van der Waals surface area contributed by atoms with Gasteiger partial charge in [-0.15, -0.1) is 0 Å². The van der Waals surface area contributed by atoms with Gasteiger partial charge in [0.25, 0.3) is 5.78 Å². The molecule has 1 fully saturated rings. The third-order valence-corrected chi connectivity index (χ3v) is 8.05. The first-order chi connectivity index (χ1) is 19.7. The van der Waals surface area contributed by atoms with Gasteiger partial charge in [0, 0.05) is 5.56 Å². The van der Waals surface area contributed by atoms with Gasteiger partial charge >= 0.3 is 5.91 Å². The molecule has 1 aliphatic rings. The normalized spacial score (nSPS) is 16.6. The SMILES string of the molecule is CCOc1cc(C2/C(=C(\O)c3ccccc3)C(=O)C(=O)N2c2nc3c(C)cc(C)cc3s2)ccc1OCCC(C)C. The Morgan fingerprint density at radius 1 is 1.02 bits per heavy atom. The second kappa shape index (κ2) is 11.7. The van der Waals surface area contributed by atoms with E-state index < -0.39 is 17.7 Å².